The van der Waals surface area contributed by atoms with Crippen LogP contribution in [0.3, 0.4) is 0 Å². The highest BCUT2D eigenvalue weighted by Crippen LogP contribution is 2.33. The van der Waals surface area contributed by atoms with Gasteiger partial charge < -0.3 is 9.64 Å². The molecule has 3 aliphatic rings. The van der Waals surface area contributed by atoms with E-state index in [1.54, 1.807) is 0 Å². The normalized spacial score (nSPS) is 32.3. The molecule has 0 bridgehead atoms. The zero-order chi connectivity index (χ0) is 19.8. The molecule has 27 heavy (non-hydrogen) atoms. The van der Waals surface area contributed by atoms with Crippen LogP contribution in [0.4, 0.5) is 0 Å². The molecule has 2 aliphatic heterocycles. The first-order valence-corrected chi connectivity index (χ1v) is 9.88. The van der Waals surface area contributed by atoms with Crippen LogP contribution in [0.25, 0.3) is 0 Å². The Labute approximate surface area is 162 Å². The minimum absolute atomic E-state index is 0.00438. The van der Waals surface area contributed by atoms with Crippen molar-refractivity contribution in [3.63, 3.8) is 0 Å². The van der Waals surface area contributed by atoms with E-state index in [4.69, 9.17) is 12.6 Å². The number of ether oxygens (including phenoxy) is 1. The molecular formula is C20H29BN2O4. The van der Waals surface area contributed by atoms with Gasteiger partial charge in [-0.15, -0.1) is 0 Å². The first-order chi connectivity index (χ1) is 12.6. The standard InChI is InChI=1S/C20H29BN2O4/c1-20(2,3)15-11-22(12-16(21)27-15)19(26)14-6-4-13(5-7-14)10-23-17(24)8-9-18(23)25/h8-9,13-16H,4-7,10-12H2,1-3H3. The molecule has 1 aliphatic carbocycles. The summed E-state index contributed by atoms with van der Waals surface area (Å²) in [6.45, 7) is 7.77. The third kappa shape index (κ3) is 4.62. The lowest BCUT2D eigenvalue weighted by Gasteiger charge is -2.44. The van der Waals surface area contributed by atoms with Gasteiger partial charge in [-0.3, -0.25) is 19.3 Å². The average Bonchev–Trinajstić information content (AvgIpc) is 2.92. The molecule has 1 saturated carbocycles. The van der Waals surface area contributed by atoms with Crippen molar-refractivity contribution in [2.45, 2.75) is 58.6 Å². The summed E-state index contributed by atoms with van der Waals surface area (Å²) >= 11 is 0. The maximum atomic E-state index is 13.0. The molecule has 0 aromatic carbocycles. The van der Waals surface area contributed by atoms with E-state index in [9.17, 15) is 14.4 Å². The summed E-state index contributed by atoms with van der Waals surface area (Å²) in [6.07, 6.45) is 5.87. The maximum absolute atomic E-state index is 13.0. The lowest BCUT2D eigenvalue weighted by Crippen LogP contribution is -2.55. The molecule has 0 aromatic heterocycles. The van der Waals surface area contributed by atoms with E-state index in [-0.39, 0.29) is 41.1 Å². The van der Waals surface area contributed by atoms with E-state index in [0.717, 1.165) is 25.7 Å². The van der Waals surface area contributed by atoms with Crippen molar-refractivity contribution in [2.24, 2.45) is 17.3 Å². The van der Waals surface area contributed by atoms with Gasteiger partial charge in [-0.1, -0.05) is 20.8 Å². The van der Waals surface area contributed by atoms with Crippen molar-refractivity contribution < 1.29 is 19.1 Å². The van der Waals surface area contributed by atoms with Gasteiger partial charge >= 0.3 is 0 Å². The first-order valence-electron chi connectivity index (χ1n) is 9.88. The molecule has 3 rings (SSSR count). The fourth-order valence-corrected chi connectivity index (χ4v) is 4.17. The second-order valence-corrected chi connectivity index (χ2v) is 9.11. The van der Waals surface area contributed by atoms with Crippen LogP contribution in [0.1, 0.15) is 46.5 Å². The van der Waals surface area contributed by atoms with Crippen LogP contribution in [0.2, 0.25) is 0 Å². The van der Waals surface area contributed by atoms with E-state index in [2.05, 4.69) is 20.8 Å². The Morgan fingerprint density at radius 1 is 1.11 bits per heavy atom. The van der Waals surface area contributed by atoms with E-state index in [1.165, 1.54) is 17.1 Å². The summed E-state index contributed by atoms with van der Waals surface area (Å²) in [7, 11) is 6.03. The summed E-state index contributed by atoms with van der Waals surface area (Å²) in [6, 6.07) is -0.442. The van der Waals surface area contributed by atoms with Crippen LogP contribution < -0.4 is 0 Å². The second-order valence-electron chi connectivity index (χ2n) is 9.11. The van der Waals surface area contributed by atoms with Crippen molar-refractivity contribution in [1.29, 1.82) is 0 Å². The van der Waals surface area contributed by atoms with Gasteiger partial charge in [-0.05, 0) is 37.0 Å². The second kappa shape index (κ2) is 7.78. The highest BCUT2D eigenvalue weighted by atomic mass is 16.5. The number of imide groups is 1. The molecule has 3 amide bonds. The number of hydrogen-bond donors (Lipinski definition) is 0. The lowest BCUT2D eigenvalue weighted by atomic mass is 9.80. The molecule has 0 aromatic rings. The van der Waals surface area contributed by atoms with Crippen LogP contribution in [0, 0.1) is 17.3 Å². The molecule has 7 heteroatoms. The Bertz CT molecular complexity index is 616. The van der Waals surface area contributed by atoms with Crippen LogP contribution in [0.5, 0.6) is 0 Å². The van der Waals surface area contributed by atoms with Crippen molar-refractivity contribution in [3.8, 4) is 0 Å². The summed E-state index contributed by atoms with van der Waals surface area (Å²) in [5, 5.41) is 0. The van der Waals surface area contributed by atoms with E-state index < -0.39 is 6.00 Å². The van der Waals surface area contributed by atoms with Crippen LogP contribution in [0.15, 0.2) is 12.2 Å². The zero-order valence-corrected chi connectivity index (χ0v) is 16.5. The van der Waals surface area contributed by atoms with E-state index >= 15 is 0 Å². The third-order valence-electron chi connectivity index (χ3n) is 5.94. The average molecular weight is 372 g/mol. The molecule has 2 radical (unpaired) electrons. The Kier molecular flexibility index (Phi) is 5.80. The largest absolute Gasteiger partial charge is 0.381 e. The summed E-state index contributed by atoms with van der Waals surface area (Å²) in [5.74, 6) is -0.0229. The Morgan fingerprint density at radius 3 is 2.26 bits per heavy atom. The number of hydrogen-bond acceptors (Lipinski definition) is 4. The summed E-state index contributed by atoms with van der Waals surface area (Å²) in [4.78, 5) is 39.6. The topological polar surface area (TPSA) is 66.9 Å². The molecule has 0 N–H and O–H groups in total. The fraction of sp³-hybridized carbons (Fsp3) is 0.750. The van der Waals surface area contributed by atoms with Crippen LogP contribution in [-0.4, -0.2) is 67.1 Å². The molecule has 1 saturated heterocycles. The minimum Gasteiger partial charge on any atom is -0.381 e. The van der Waals surface area contributed by atoms with Crippen molar-refractivity contribution >= 4 is 25.6 Å². The predicted molar refractivity (Wildman–Crippen MR) is 102 cm³/mol. The smallest absolute Gasteiger partial charge is 0.253 e. The van der Waals surface area contributed by atoms with Crippen molar-refractivity contribution in [1.82, 2.24) is 9.80 Å². The summed E-state index contributed by atoms with van der Waals surface area (Å²) in [5.41, 5.74) is -0.0724. The van der Waals surface area contributed by atoms with Gasteiger partial charge in [-0.2, -0.15) is 0 Å². The maximum Gasteiger partial charge on any atom is 0.253 e. The molecular weight excluding hydrogens is 343 g/mol. The Hall–Kier alpha value is -1.63. The van der Waals surface area contributed by atoms with Crippen LogP contribution >= 0.6 is 0 Å². The summed E-state index contributed by atoms with van der Waals surface area (Å²) < 4.78 is 5.84. The van der Waals surface area contributed by atoms with Gasteiger partial charge in [0.05, 0.1) is 6.10 Å². The highest BCUT2D eigenvalue weighted by molar-refractivity contribution is 6.12. The molecule has 146 valence electrons. The number of carbonyl (C=O) groups excluding carboxylic acids is 3. The minimum atomic E-state index is -0.442. The van der Waals surface area contributed by atoms with Gasteiger partial charge in [0, 0.05) is 43.7 Å². The third-order valence-corrected chi connectivity index (χ3v) is 5.94. The lowest BCUT2D eigenvalue weighted by molar-refractivity contribution is -0.152. The highest BCUT2D eigenvalue weighted by Gasteiger charge is 2.38. The van der Waals surface area contributed by atoms with Crippen LogP contribution in [-0.2, 0) is 19.1 Å². The number of nitrogens with zero attached hydrogens (tertiary/aromatic N) is 2. The molecule has 2 unspecified atom stereocenters. The zero-order valence-electron chi connectivity index (χ0n) is 16.5. The monoisotopic (exact) mass is 372 g/mol. The molecule has 2 fully saturated rings. The van der Waals surface area contributed by atoms with Crippen molar-refractivity contribution in [3.05, 3.63) is 12.2 Å². The first kappa shape index (κ1) is 20.1. The van der Waals surface area contributed by atoms with E-state index in [0.29, 0.717) is 19.6 Å². The number of amides is 3. The van der Waals surface area contributed by atoms with Gasteiger partial charge in [-0.25, -0.2) is 0 Å². The number of morpholine rings is 1. The molecule has 0 spiro atoms. The SMILES string of the molecule is [B]C1CN(C(=O)C2CCC(CN3C(=O)C=CC3=O)CC2)CC(C(C)(C)C)O1. The fourth-order valence-electron chi connectivity index (χ4n) is 4.17. The molecule has 6 nitrogen and oxygen atoms in total. The van der Waals surface area contributed by atoms with Gasteiger partial charge in [0.15, 0.2) is 0 Å². The van der Waals surface area contributed by atoms with Gasteiger partial charge in [0.2, 0.25) is 5.91 Å². The van der Waals surface area contributed by atoms with Gasteiger partial charge in [0.1, 0.15) is 7.85 Å². The number of carbonyl (C=O) groups is 3. The predicted octanol–water partition coefficient (Wildman–Crippen LogP) is 1.49. The molecule has 2 heterocycles. The van der Waals surface area contributed by atoms with Crippen molar-refractivity contribution in [2.75, 3.05) is 19.6 Å². The molecule has 2 atom stereocenters. The quantitative estimate of drug-likeness (QED) is 0.556. The van der Waals surface area contributed by atoms with E-state index in [1.807, 2.05) is 4.90 Å². The number of rotatable bonds is 3. The Balaban J connectivity index is 1.52. The van der Waals surface area contributed by atoms with Gasteiger partial charge in [0.25, 0.3) is 11.8 Å². The Morgan fingerprint density at radius 2 is 1.70 bits per heavy atom.